The number of nitrogens with one attached hydrogen (secondary N) is 1. The van der Waals surface area contributed by atoms with E-state index in [1.54, 1.807) is 0 Å². The van der Waals surface area contributed by atoms with Crippen molar-refractivity contribution in [3.05, 3.63) is 0 Å². The molecule has 0 aromatic heterocycles. The summed E-state index contributed by atoms with van der Waals surface area (Å²) in [6.07, 6.45) is 8.37. The largest absolute Gasteiger partial charge is 0.314 e. The summed E-state index contributed by atoms with van der Waals surface area (Å²) in [5.74, 6) is 0.822. The molecule has 1 aliphatic carbocycles. The summed E-state index contributed by atoms with van der Waals surface area (Å²) in [7, 11) is 0. The summed E-state index contributed by atoms with van der Waals surface area (Å²) in [5.41, 5.74) is 0. The number of rotatable bonds is 9. The van der Waals surface area contributed by atoms with Crippen molar-refractivity contribution in [3.63, 3.8) is 0 Å². The molecular formula is C17H36N2. The van der Waals surface area contributed by atoms with Crippen molar-refractivity contribution < 1.29 is 0 Å². The molecule has 2 nitrogen and oxygen atoms in total. The van der Waals surface area contributed by atoms with Crippen LogP contribution in [0.1, 0.15) is 73.1 Å². The van der Waals surface area contributed by atoms with Crippen LogP contribution in [0.5, 0.6) is 0 Å². The van der Waals surface area contributed by atoms with E-state index in [9.17, 15) is 0 Å². The van der Waals surface area contributed by atoms with Crippen molar-refractivity contribution in [3.8, 4) is 0 Å². The SMILES string of the molecule is CCNC(C)CC(C)N(CCC(C)C)C1CCCC1. The van der Waals surface area contributed by atoms with Crippen LogP contribution in [0.4, 0.5) is 0 Å². The van der Waals surface area contributed by atoms with Gasteiger partial charge in [0.2, 0.25) is 0 Å². The van der Waals surface area contributed by atoms with Gasteiger partial charge in [-0.3, -0.25) is 4.90 Å². The van der Waals surface area contributed by atoms with E-state index < -0.39 is 0 Å². The Balaban J connectivity index is 2.50. The lowest BCUT2D eigenvalue weighted by atomic mass is 10.0. The minimum absolute atomic E-state index is 0.642. The highest BCUT2D eigenvalue weighted by Crippen LogP contribution is 2.27. The highest BCUT2D eigenvalue weighted by atomic mass is 15.2. The zero-order chi connectivity index (χ0) is 14.3. The van der Waals surface area contributed by atoms with Gasteiger partial charge < -0.3 is 5.32 Å². The Morgan fingerprint density at radius 1 is 1.11 bits per heavy atom. The van der Waals surface area contributed by atoms with Crippen LogP contribution in [0, 0.1) is 5.92 Å². The monoisotopic (exact) mass is 268 g/mol. The van der Waals surface area contributed by atoms with Gasteiger partial charge in [-0.1, -0.05) is 33.6 Å². The average molecular weight is 268 g/mol. The van der Waals surface area contributed by atoms with Gasteiger partial charge in [-0.05, 0) is 58.5 Å². The second-order valence-corrected chi connectivity index (χ2v) is 6.90. The van der Waals surface area contributed by atoms with Gasteiger partial charge in [-0.15, -0.1) is 0 Å². The molecule has 1 N–H and O–H groups in total. The maximum atomic E-state index is 3.56. The van der Waals surface area contributed by atoms with Crippen molar-refractivity contribution in [1.29, 1.82) is 0 Å². The number of hydrogen-bond acceptors (Lipinski definition) is 2. The molecule has 0 aliphatic heterocycles. The van der Waals surface area contributed by atoms with E-state index in [4.69, 9.17) is 0 Å². The molecule has 0 aromatic carbocycles. The Morgan fingerprint density at radius 2 is 1.74 bits per heavy atom. The first-order valence-corrected chi connectivity index (χ1v) is 8.53. The Kier molecular flexibility index (Phi) is 8.01. The van der Waals surface area contributed by atoms with Crippen LogP contribution in [0.3, 0.4) is 0 Å². The topological polar surface area (TPSA) is 15.3 Å². The average Bonchev–Trinajstić information content (AvgIpc) is 2.82. The van der Waals surface area contributed by atoms with E-state index >= 15 is 0 Å². The Morgan fingerprint density at radius 3 is 2.26 bits per heavy atom. The van der Waals surface area contributed by atoms with Crippen LogP contribution in [-0.2, 0) is 0 Å². The highest BCUT2D eigenvalue weighted by Gasteiger charge is 2.26. The molecule has 0 radical (unpaired) electrons. The van der Waals surface area contributed by atoms with Crippen molar-refractivity contribution in [2.45, 2.75) is 91.3 Å². The van der Waals surface area contributed by atoms with Gasteiger partial charge >= 0.3 is 0 Å². The summed E-state index contributed by atoms with van der Waals surface area (Å²) < 4.78 is 0. The lowest BCUT2D eigenvalue weighted by Crippen LogP contribution is -2.44. The molecule has 0 heterocycles. The first-order chi connectivity index (χ1) is 9.04. The lowest BCUT2D eigenvalue weighted by Gasteiger charge is -2.36. The maximum Gasteiger partial charge on any atom is 0.00980 e. The molecule has 1 rings (SSSR count). The van der Waals surface area contributed by atoms with Gasteiger partial charge in [0.25, 0.3) is 0 Å². The van der Waals surface area contributed by atoms with E-state index in [1.165, 1.54) is 45.1 Å². The first kappa shape index (κ1) is 17.0. The third kappa shape index (κ3) is 6.27. The molecule has 2 unspecified atom stereocenters. The van der Waals surface area contributed by atoms with E-state index in [2.05, 4.69) is 44.8 Å². The lowest BCUT2D eigenvalue weighted by molar-refractivity contribution is 0.124. The minimum Gasteiger partial charge on any atom is -0.314 e. The van der Waals surface area contributed by atoms with Crippen molar-refractivity contribution in [2.24, 2.45) is 5.92 Å². The fourth-order valence-corrected chi connectivity index (χ4v) is 3.48. The summed E-state index contributed by atoms with van der Waals surface area (Å²) in [6.45, 7) is 14.0. The summed E-state index contributed by atoms with van der Waals surface area (Å²) in [6, 6.07) is 2.22. The fraction of sp³-hybridized carbons (Fsp3) is 1.00. The van der Waals surface area contributed by atoms with Gasteiger partial charge in [0.1, 0.15) is 0 Å². The molecule has 0 spiro atoms. The van der Waals surface area contributed by atoms with E-state index in [-0.39, 0.29) is 0 Å². The maximum absolute atomic E-state index is 3.56. The van der Waals surface area contributed by atoms with Gasteiger partial charge in [0.05, 0.1) is 0 Å². The van der Waals surface area contributed by atoms with Gasteiger partial charge in [-0.2, -0.15) is 0 Å². The van der Waals surface area contributed by atoms with Crippen LogP contribution >= 0.6 is 0 Å². The molecule has 0 aromatic rings. The molecular weight excluding hydrogens is 232 g/mol. The quantitative estimate of drug-likeness (QED) is 0.678. The Hall–Kier alpha value is -0.0800. The predicted molar refractivity (Wildman–Crippen MR) is 85.6 cm³/mol. The third-order valence-electron chi connectivity index (χ3n) is 4.57. The van der Waals surface area contributed by atoms with Crippen molar-refractivity contribution in [1.82, 2.24) is 10.2 Å². The normalized spacial score (nSPS) is 20.4. The fourth-order valence-electron chi connectivity index (χ4n) is 3.48. The molecule has 1 aliphatic rings. The molecule has 0 amide bonds. The molecule has 0 bridgehead atoms. The second-order valence-electron chi connectivity index (χ2n) is 6.90. The van der Waals surface area contributed by atoms with Crippen LogP contribution in [0.25, 0.3) is 0 Å². The molecule has 114 valence electrons. The standard InChI is InChI=1S/C17H36N2/c1-6-18-15(4)13-16(5)19(12-11-14(2)3)17-9-7-8-10-17/h14-18H,6-13H2,1-5H3. The van der Waals surface area contributed by atoms with Gasteiger partial charge in [0.15, 0.2) is 0 Å². The molecule has 0 saturated heterocycles. The smallest absolute Gasteiger partial charge is 0.00980 e. The third-order valence-corrected chi connectivity index (χ3v) is 4.57. The van der Waals surface area contributed by atoms with Crippen LogP contribution in [0.2, 0.25) is 0 Å². The Bertz CT molecular complexity index is 221. The van der Waals surface area contributed by atoms with Crippen LogP contribution < -0.4 is 5.32 Å². The van der Waals surface area contributed by atoms with Crippen LogP contribution in [-0.4, -0.2) is 36.1 Å². The highest BCUT2D eigenvalue weighted by molar-refractivity contribution is 4.83. The summed E-state index contributed by atoms with van der Waals surface area (Å²) >= 11 is 0. The van der Waals surface area contributed by atoms with E-state index in [1.807, 2.05) is 0 Å². The molecule has 19 heavy (non-hydrogen) atoms. The first-order valence-electron chi connectivity index (χ1n) is 8.53. The predicted octanol–water partition coefficient (Wildman–Crippen LogP) is 4.05. The zero-order valence-electron chi connectivity index (χ0n) is 13.9. The zero-order valence-corrected chi connectivity index (χ0v) is 13.9. The molecule has 1 saturated carbocycles. The van der Waals surface area contributed by atoms with Crippen LogP contribution in [0.15, 0.2) is 0 Å². The number of hydrogen-bond donors (Lipinski definition) is 1. The Labute approximate surface area is 121 Å². The van der Waals surface area contributed by atoms with Gasteiger partial charge in [-0.25, -0.2) is 0 Å². The van der Waals surface area contributed by atoms with Crippen molar-refractivity contribution in [2.75, 3.05) is 13.1 Å². The van der Waals surface area contributed by atoms with Crippen molar-refractivity contribution >= 4 is 0 Å². The molecule has 1 fully saturated rings. The second kappa shape index (κ2) is 8.97. The molecule has 2 heteroatoms. The summed E-state index contributed by atoms with van der Waals surface area (Å²) in [4.78, 5) is 2.82. The molecule has 2 atom stereocenters. The minimum atomic E-state index is 0.642. The van der Waals surface area contributed by atoms with E-state index in [0.717, 1.165) is 24.5 Å². The number of nitrogens with zero attached hydrogens (tertiary/aromatic N) is 1. The van der Waals surface area contributed by atoms with E-state index in [0.29, 0.717) is 6.04 Å². The van der Waals surface area contributed by atoms with Gasteiger partial charge in [0, 0.05) is 18.1 Å². The summed E-state index contributed by atoms with van der Waals surface area (Å²) in [5, 5.41) is 3.56.